The zero-order chi connectivity index (χ0) is 19.8. The zero-order valence-corrected chi connectivity index (χ0v) is 14.7. The van der Waals surface area contributed by atoms with Gasteiger partial charge in [-0.05, 0) is 36.4 Å². The summed E-state index contributed by atoms with van der Waals surface area (Å²) in [6, 6.07) is 13.0. The lowest BCUT2D eigenvalue weighted by atomic mass is 10.2. The molecule has 0 aliphatic rings. The van der Waals surface area contributed by atoms with Gasteiger partial charge in [0.25, 0.3) is 0 Å². The van der Waals surface area contributed by atoms with Crippen molar-refractivity contribution in [1.29, 1.82) is 0 Å². The van der Waals surface area contributed by atoms with E-state index in [2.05, 4.69) is 14.8 Å². The van der Waals surface area contributed by atoms with Crippen molar-refractivity contribution in [1.82, 2.24) is 0 Å². The van der Waals surface area contributed by atoms with Crippen molar-refractivity contribution in [3.63, 3.8) is 0 Å². The van der Waals surface area contributed by atoms with E-state index in [1.165, 1.54) is 26.4 Å². The third-order valence-electron chi connectivity index (χ3n) is 3.39. The van der Waals surface area contributed by atoms with E-state index in [0.717, 1.165) is 6.08 Å². The number of anilines is 1. The molecule has 0 fully saturated rings. The summed E-state index contributed by atoms with van der Waals surface area (Å²) in [5, 5.41) is 2.80. The number of hydrogen-bond acceptors (Lipinski definition) is 7. The van der Waals surface area contributed by atoms with Crippen LogP contribution in [0.2, 0.25) is 0 Å². The molecule has 0 aliphatic heterocycles. The highest BCUT2D eigenvalue weighted by Gasteiger charge is 2.15. The van der Waals surface area contributed by atoms with Crippen molar-refractivity contribution in [2.75, 3.05) is 19.5 Å². The van der Waals surface area contributed by atoms with E-state index in [0.29, 0.717) is 22.7 Å². The Morgan fingerprint density at radius 1 is 0.963 bits per heavy atom. The topological polar surface area (TPSA) is 117 Å². The summed E-state index contributed by atoms with van der Waals surface area (Å²) in [5.41, 5.74) is 5.85. The van der Waals surface area contributed by atoms with Crippen LogP contribution in [0.3, 0.4) is 0 Å². The normalized spacial score (nSPS) is 10.7. The summed E-state index contributed by atoms with van der Waals surface area (Å²) in [7, 11) is 2.39. The minimum atomic E-state index is -0.749. The Bertz CT molecular complexity index is 874. The average Bonchev–Trinajstić information content (AvgIpc) is 2.68. The van der Waals surface area contributed by atoms with Gasteiger partial charge in [0.2, 0.25) is 5.91 Å². The number of ether oxygens (including phenoxy) is 3. The van der Waals surface area contributed by atoms with Crippen LogP contribution in [0, 0.1) is 0 Å². The number of carbonyl (C=O) groups is 3. The van der Waals surface area contributed by atoms with Crippen molar-refractivity contribution < 1.29 is 28.6 Å². The molecular weight excluding hydrogens is 352 g/mol. The second-order valence-corrected chi connectivity index (χ2v) is 5.18. The number of amides is 1. The Morgan fingerprint density at radius 3 is 2.22 bits per heavy atom. The number of nitrogens with two attached hydrogens (primary N) is 1. The minimum Gasteiger partial charge on any atom is -0.466 e. The molecule has 0 unspecified atom stereocenters. The lowest BCUT2D eigenvalue weighted by Crippen LogP contribution is -2.15. The minimum absolute atomic E-state index is 0.121. The summed E-state index contributed by atoms with van der Waals surface area (Å²) in [6.45, 7) is 0. The van der Waals surface area contributed by atoms with E-state index in [9.17, 15) is 14.4 Å². The third kappa shape index (κ3) is 5.33. The van der Waals surface area contributed by atoms with Crippen LogP contribution in [0.1, 0.15) is 10.4 Å². The van der Waals surface area contributed by atoms with Gasteiger partial charge in [-0.3, -0.25) is 4.79 Å². The first kappa shape index (κ1) is 19.5. The smallest absolute Gasteiger partial charge is 0.354 e. The van der Waals surface area contributed by atoms with Crippen molar-refractivity contribution >= 4 is 23.5 Å². The molecule has 0 aromatic heterocycles. The Labute approximate surface area is 155 Å². The molecule has 8 nitrogen and oxygen atoms in total. The van der Waals surface area contributed by atoms with Crippen molar-refractivity contribution in [2.24, 2.45) is 5.73 Å². The Hall–Kier alpha value is -3.81. The quantitative estimate of drug-likeness (QED) is 0.567. The Kier molecular flexibility index (Phi) is 6.54. The SMILES string of the molecule is COC(=O)/C=C(/Nc1ccccc1Oc1ccc(C(N)=O)cc1)C(=O)OC. The predicted octanol–water partition coefficient (Wildman–Crippen LogP) is 2.22. The molecule has 0 spiro atoms. The maximum atomic E-state index is 11.9. The van der Waals surface area contributed by atoms with Crippen LogP contribution in [0.5, 0.6) is 11.5 Å². The molecule has 2 rings (SSSR count). The van der Waals surface area contributed by atoms with Crippen molar-refractivity contribution in [3.8, 4) is 11.5 Å². The molecule has 0 heterocycles. The molecule has 0 bridgehead atoms. The molecule has 140 valence electrons. The first-order valence-corrected chi connectivity index (χ1v) is 7.76. The van der Waals surface area contributed by atoms with Gasteiger partial charge in [0.15, 0.2) is 5.75 Å². The second-order valence-electron chi connectivity index (χ2n) is 5.18. The molecule has 2 aromatic rings. The first-order valence-electron chi connectivity index (χ1n) is 7.76. The number of rotatable bonds is 7. The molecular formula is C19H18N2O6. The molecule has 0 aliphatic carbocycles. The van der Waals surface area contributed by atoms with Crippen LogP contribution in [0.25, 0.3) is 0 Å². The number of hydrogen-bond donors (Lipinski definition) is 2. The zero-order valence-electron chi connectivity index (χ0n) is 14.7. The summed E-state index contributed by atoms with van der Waals surface area (Å²) in [6.07, 6.45) is 0.976. The number of esters is 2. The summed E-state index contributed by atoms with van der Waals surface area (Å²) >= 11 is 0. The molecule has 0 radical (unpaired) electrons. The fourth-order valence-corrected chi connectivity index (χ4v) is 2.05. The fourth-order valence-electron chi connectivity index (χ4n) is 2.05. The van der Waals surface area contributed by atoms with E-state index in [1.807, 2.05) is 0 Å². The van der Waals surface area contributed by atoms with Gasteiger partial charge in [0.1, 0.15) is 11.4 Å². The predicted molar refractivity (Wildman–Crippen MR) is 97.2 cm³/mol. The third-order valence-corrected chi connectivity index (χ3v) is 3.39. The van der Waals surface area contributed by atoms with E-state index in [4.69, 9.17) is 10.5 Å². The summed E-state index contributed by atoms with van der Waals surface area (Å²) in [4.78, 5) is 34.5. The van der Waals surface area contributed by atoms with E-state index >= 15 is 0 Å². The molecule has 27 heavy (non-hydrogen) atoms. The van der Waals surface area contributed by atoms with Gasteiger partial charge in [-0.25, -0.2) is 9.59 Å². The maximum absolute atomic E-state index is 11.9. The lowest BCUT2D eigenvalue weighted by molar-refractivity contribution is -0.138. The molecule has 3 N–H and O–H groups in total. The fraction of sp³-hybridized carbons (Fsp3) is 0.105. The molecule has 8 heteroatoms. The highest BCUT2D eigenvalue weighted by molar-refractivity contribution is 5.99. The molecule has 2 aromatic carbocycles. The van der Waals surface area contributed by atoms with E-state index in [1.54, 1.807) is 36.4 Å². The maximum Gasteiger partial charge on any atom is 0.354 e. The number of para-hydroxylation sites is 2. The van der Waals surface area contributed by atoms with Crippen LogP contribution in [0.4, 0.5) is 5.69 Å². The van der Waals surface area contributed by atoms with Crippen LogP contribution >= 0.6 is 0 Å². The van der Waals surface area contributed by atoms with Crippen LogP contribution in [0.15, 0.2) is 60.3 Å². The van der Waals surface area contributed by atoms with Gasteiger partial charge in [0.05, 0.1) is 26.0 Å². The Balaban J connectivity index is 2.28. The molecule has 0 atom stereocenters. The van der Waals surface area contributed by atoms with Gasteiger partial charge in [0, 0.05) is 5.56 Å². The number of primary amides is 1. The summed E-state index contributed by atoms with van der Waals surface area (Å²) < 4.78 is 15.0. The van der Waals surface area contributed by atoms with Crippen LogP contribution < -0.4 is 15.8 Å². The standard InChI is InChI=1S/C19H18N2O6/c1-25-17(22)11-15(19(24)26-2)21-14-5-3-4-6-16(14)27-13-9-7-12(8-10-13)18(20)23/h3-11,21H,1-2H3,(H2,20,23)/b15-11+. The highest BCUT2D eigenvalue weighted by Crippen LogP contribution is 2.30. The monoisotopic (exact) mass is 370 g/mol. The Morgan fingerprint density at radius 2 is 1.63 bits per heavy atom. The molecule has 0 saturated carbocycles. The number of benzene rings is 2. The number of nitrogens with one attached hydrogen (secondary N) is 1. The van der Waals surface area contributed by atoms with Gasteiger partial charge in [-0.15, -0.1) is 0 Å². The molecule has 1 amide bonds. The lowest BCUT2D eigenvalue weighted by Gasteiger charge is -2.14. The van der Waals surface area contributed by atoms with Crippen LogP contribution in [-0.2, 0) is 19.1 Å². The van der Waals surface area contributed by atoms with Crippen molar-refractivity contribution in [3.05, 3.63) is 65.9 Å². The van der Waals surface area contributed by atoms with Gasteiger partial charge >= 0.3 is 11.9 Å². The summed E-state index contributed by atoms with van der Waals surface area (Å²) in [5.74, 6) is -1.18. The number of methoxy groups -OCH3 is 2. The largest absolute Gasteiger partial charge is 0.466 e. The second kappa shape index (κ2) is 9.04. The van der Waals surface area contributed by atoms with E-state index < -0.39 is 17.8 Å². The van der Waals surface area contributed by atoms with Crippen molar-refractivity contribution in [2.45, 2.75) is 0 Å². The van der Waals surface area contributed by atoms with Gasteiger partial charge < -0.3 is 25.3 Å². The molecule has 0 saturated heterocycles. The van der Waals surface area contributed by atoms with Gasteiger partial charge in [-0.1, -0.05) is 12.1 Å². The number of carbonyl (C=O) groups excluding carboxylic acids is 3. The first-order chi connectivity index (χ1) is 12.9. The highest BCUT2D eigenvalue weighted by atomic mass is 16.5. The average molecular weight is 370 g/mol. The van der Waals surface area contributed by atoms with Gasteiger partial charge in [-0.2, -0.15) is 0 Å². The van der Waals surface area contributed by atoms with E-state index in [-0.39, 0.29) is 5.70 Å². The van der Waals surface area contributed by atoms with Crippen LogP contribution in [-0.4, -0.2) is 32.1 Å².